The Balaban J connectivity index is 2.89. The van der Waals surface area contributed by atoms with E-state index < -0.39 is 17.8 Å². The highest BCUT2D eigenvalue weighted by atomic mass is 79.9. The van der Waals surface area contributed by atoms with E-state index in [9.17, 15) is 9.18 Å². The Hall–Kier alpha value is -1.30. The minimum Gasteiger partial charge on any atom is -0.480 e. The SMILES string of the molecule is CC(N=Nc1cc(F)ccc1Br)C(=O)O. The molecule has 0 amide bonds. The smallest absolute Gasteiger partial charge is 0.330 e. The number of rotatable bonds is 3. The van der Waals surface area contributed by atoms with E-state index in [1.807, 2.05) is 0 Å². The Morgan fingerprint density at radius 1 is 1.60 bits per heavy atom. The molecule has 0 fully saturated rings. The predicted octanol–water partition coefficient (Wildman–Crippen LogP) is 3.15. The molecule has 6 heteroatoms. The summed E-state index contributed by atoms with van der Waals surface area (Å²) >= 11 is 3.15. The van der Waals surface area contributed by atoms with E-state index in [0.29, 0.717) is 4.47 Å². The topological polar surface area (TPSA) is 62.0 Å². The van der Waals surface area contributed by atoms with Crippen LogP contribution >= 0.6 is 15.9 Å². The third-order valence-electron chi connectivity index (χ3n) is 1.60. The number of hydrogen-bond donors (Lipinski definition) is 1. The molecule has 1 rings (SSSR count). The molecule has 0 spiro atoms. The molecular weight excluding hydrogens is 267 g/mol. The summed E-state index contributed by atoms with van der Waals surface area (Å²) in [6.07, 6.45) is 0. The first kappa shape index (κ1) is 11.8. The average Bonchev–Trinajstić information content (AvgIpc) is 2.18. The van der Waals surface area contributed by atoms with Gasteiger partial charge in [-0.15, -0.1) is 0 Å². The fraction of sp³-hybridized carbons (Fsp3) is 0.222. The summed E-state index contributed by atoms with van der Waals surface area (Å²) in [7, 11) is 0. The first-order valence-electron chi connectivity index (χ1n) is 4.09. The maximum atomic E-state index is 12.8. The van der Waals surface area contributed by atoms with Crippen molar-refractivity contribution < 1.29 is 14.3 Å². The largest absolute Gasteiger partial charge is 0.480 e. The molecule has 0 heterocycles. The van der Waals surface area contributed by atoms with E-state index in [1.54, 1.807) is 0 Å². The van der Waals surface area contributed by atoms with Crippen molar-refractivity contribution in [2.24, 2.45) is 10.2 Å². The van der Waals surface area contributed by atoms with E-state index in [2.05, 4.69) is 26.2 Å². The summed E-state index contributed by atoms with van der Waals surface area (Å²) in [5.74, 6) is -1.53. The molecule has 0 saturated heterocycles. The number of benzene rings is 1. The number of carboxylic acids is 1. The van der Waals surface area contributed by atoms with Gasteiger partial charge >= 0.3 is 5.97 Å². The lowest BCUT2D eigenvalue weighted by Crippen LogP contribution is -2.11. The van der Waals surface area contributed by atoms with Gasteiger partial charge in [0.1, 0.15) is 11.5 Å². The fourth-order valence-corrected chi connectivity index (χ4v) is 1.09. The van der Waals surface area contributed by atoms with Gasteiger partial charge in [0.25, 0.3) is 0 Å². The van der Waals surface area contributed by atoms with Crippen LogP contribution in [0.4, 0.5) is 10.1 Å². The van der Waals surface area contributed by atoms with Gasteiger partial charge in [0, 0.05) is 10.5 Å². The average molecular weight is 275 g/mol. The molecule has 4 nitrogen and oxygen atoms in total. The molecule has 1 atom stereocenters. The van der Waals surface area contributed by atoms with Gasteiger partial charge in [0.2, 0.25) is 0 Å². The second-order valence-electron chi connectivity index (χ2n) is 2.83. The van der Waals surface area contributed by atoms with E-state index >= 15 is 0 Å². The van der Waals surface area contributed by atoms with Gasteiger partial charge in [-0.3, -0.25) is 0 Å². The second kappa shape index (κ2) is 4.97. The molecular formula is C9H8BrFN2O2. The molecule has 80 valence electrons. The van der Waals surface area contributed by atoms with Crippen LogP contribution < -0.4 is 0 Å². The van der Waals surface area contributed by atoms with E-state index in [-0.39, 0.29) is 5.69 Å². The van der Waals surface area contributed by atoms with Crippen molar-refractivity contribution >= 4 is 27.6 Å². The van der Waals surface area contributed by atoms with Crippen molar-refractivity contribution in [3.8, 4) is 0 Å². The van der Waals surface area contributed by atoms with Crippen LogP contribution in [0.1, 0.15) is 6.92 Å². The number of halogens is 2. The lowest BCUT2D eigenvalue weighted by Gasteiger charge is -1.99. The zero-order chi connectivity index (χ0) is 11.4. The molecule has 1 N–H and O–H groups in total. The van der Waals surface area contributed by atoms with Gasteiger partial charge in [-0.2, -0.15) is 10.2 Å². The van der Waals surface area contributed by atoms with Crippen LogP contribution in [0, 0.1) is 5.82 Å². The Labute approximate surface area is 94.0 Å². The van der Waals surface area contributed by atoms with E-state index in [1.165, 1.54) is 25.1 Å². The fourth-order valence-electron chi connectivity index (χ4n) is 0.761. The highest BCUT2D eigenvalue weighted by Gasteiger charge is 2.08. The number of carbonyl (C=O) groups is 1. The highest BCUT2D eigenvalue weighted by Crippen LogP contribution is 2.26. The minimum absolute atomic E-state index is 0.267. The zero-order valence-electron chi connectivity index (χ0n) is 7.82. The predicted molar refractivity (Wildman–Crippen MR) is 55.7 cm³/mol. The van der Waals surface area contributed by atoms with Crippen molar-refractivity contribution in [1.82, 2.24) is 0 Å². The van der Waals surface area contributed by atoms with Crippen molar-refractivity contribution in [2.45, 2.75) is 13.0 Å². The van der Waals surface area contributed by atoms with Gasteiger partial charge < -0.3 is 5.11 Å². The molecule has 0 aliphatic heterocycles. The first-order chi connectivity index (χ1) is 7.00. The van der Waals surface area contributed by atoms with Gasteiger partial charge in [-0.05, 0) is 35.0 Å². The third-order valence-corrected chi connectivity index (χ3v) is 2.27. The molecule has 0 bridgehead atoms. The van der Waals surface area contributed by atoms with Crippen molar-refractivity contribution in [1.29, 1.82) is 0 Å². The maximum Gasteiger partial charge on any atom is 0.330 e. The number of hydrogen-bond acceptors (Lipinski definition) is 3. The summed E-state index contributed by atoms with van der Waals surface area (Å²) in [5, 5.41) is 15.7. The molecule has 0 aromatic heterocycles. The molecule has 0 radical (unpaired) electrons. The molecule has 0 saturated carbocycles. The van der Waals surface area contributed by atoms with Gasteiger partial charge in [-0.25, -0.2) is 9.18 Å². The zero-order valence-corrected chi connectivity index (χ0v) is 9.40. The molecule has 1 aromatic rings. The number of azo groups is 1. The van der Waals surface area contributed by atoms with Crippen molar-refractivity contribution in [3.63, 3.8) is 0 Å². The summed E-state index contributed by atoms with van der Waals surface area (Å²) in [4.78, 5) is 10.4. The van der Waals surface area contributed by atoms with Crippen LogP contribution in [0.3, 0.4) is 0 Å². The molecule has 15 heavy (non-hydrogen) atoms. The normalized spacial score (nSPS) is 13.0. The summed E-state index contributed by atoms with van der Waals surface area (Å²) in [6.45, 7) is 1.39. The van der Waals surface area contributed by atoms with Crippen LogP contribution in [-0.4, -0.2) is 17.1 Å². The maximum absolute atomic E-state index is 12.8. The quantitative estimate of drug-likeness (QED) is 0.861. The minimum atomic E-state index is -1.08. The Bertz CT molecular complexity index is 409. The first-order valence-corrected chi connectivity index (χ1v) is 4.88. The monoisotopic (exact) mass is 274 g/mol. The Morgan fingerprint density at radius 3 is 2.87 bits per heavy atom. The van der Waals surface area contributed by atoms with Crippen LogP contribution in [-0.2, 0) is 4.79 Å². The number of carboxylic acid groups (broad SMARTS) is 1. The van der Waals surface area contributed by atoms with Crippen molar-refractivity contribution in [3.05, 3.63) is 28.5 Å². The van der Waals surface area contributed by atoms with Crippen molar-refractivity contribution in [2.75, 3.05) is 0 Å². The summed E-state index contributed by atoms with van der Waals surface area (Å²) in [5.41, 5.74) is 0.267. The Kier molecular flexibility index (Phi) is 3.90. The molecule has 1 unspecified atom stereocenters. The van der Waals surface area contributed by atoms with Crippen LogP contribution in [0.25, 0.3) is 0 Å². The lowest BCUT2D eigenvalue weighted by atomic mass is 10.3. The second-order valence-corrected chi connectivity index (χ2v) is 3.68. The van der Waals surface area contributed by atoms with E-state index in [0.717, 1.165) is 0 Å². The van der Waals surface area contributed by atoms with Gasteiger partial charge in [0.15, 0.2) is 6.04 Å². The number of aliphatic carboxylic acids is 1. The summed E-state index contributed by atoms with van der Waals surface area (Å²) < 4.78 is 13.4. The molecule has 1 aromatic carbocycles. The van der Waals surface area contributed by atoms with Crippen LogP contribution in [0.15, 0.2) is 32.9 Å². The summed E-state index contributed by atoms with van der Waals surface area (Å²) in [6, 6.07) is 2.97. The standard InChI is InChI=1S/C9H8BrFN2O2/c1-5(9(14)15)12-13-8-4-6(11)2-3-7(8)10/h2-5H,1H3,(H,14,15). The Morgan fingerprint density at radius 2 is 2.27 bits per heavy atom. The third kappa shape index (κ3) is 3.39. The molecule has 0 aliphatic rings. The van der Waals surface area contributed by atoms with Gasteiger partial charge in [-0.1, -0.05) is 0 Å². The highest BCUT2D eigenvalue weighted by molar-refractivity contribution is 9.10. The lowest BCUT2D eigenvalue weighted by molar-refractivity contribution is -0.138. The molecule has 0 aliphatic carbocycles. The van der Waals surface area contributed by atoms with Gasteiger partial charge in [0.05, 0.1) is 0 Å². The van der Waals surface area contributed by atoms with Crippen LogP contribution in [0.2, 0.25) is 0 Å². The number of nitrogens with zero attached hydrogens (tertiary/aromatic N) is 2. The van der Waals surface area contributed by atoms with E-state index in [4.69, 9.17) is 5.11 Å². The van der Waals surface area contributed by atoms with Crippen LogP contribution in [0.5, 0.6) is 0 Å².